The van der Waals surface area contributed by atoms with Gasteiger partial charge in [0.15, 0.2) is 0 Å². The smallest absolute Gasteiger partial charge is 0.333 e. The number of carbonyl (C=O) groups excluding carboxylic acids is 2. The highest BCUT2D eigenvalue weighted by atomic mass is 16.7. The fraction of sp³-hybridized carbons (Fsp3) is 0.842. The van der Waals surface area contributed by atoms with Gasteiger partial charge in [-0.3, -0.25) is 0 Å². The Morgan fingerprint density at radius 1 is 0.500 bits per heavy atom. The molecule has 0 saturated heterocycles. The van der Waals surface area contributed by atoms with Crippen molar-refractivity contribution in [3.63, 3.8) is 0 Å². The second kappa shape index (κ2) is 29.5. The highest BCUT2D eigenvalue weighted by Crippen LogP contribution is 2.37. The SMILES string of the molecule is C=CC(=O)OC(CCCCCCCCCCCCCCCCCCCCCC)(OC(=O)C=C)C(CCC)CCCCC. The van der Waals surface area contributed by atoms with E-state index in [2.05, 4.69) is 33.9 Å². The Balaban J connectivity index is 4.28. The minimum Gasteiger partial charge on any atom is -0.419 e. The molecule has 0 fully saturated rings. The first-order chi connectivity index (χ1) is 20.5. The lowest BCUT2D eigenvalue weighted by atomic mass is 9.84. The summed E-state index contributed by atoms with van der Waals surface area (Å²) in [4.78, 5) is 24.8. The average Bonchev–Trinajstić information content (AvgIpc) is 2.99. The van der Waals surface area contributed by atoms with Crippen molar-refractivity contribution in [1.82, 2.24) is 0 Å². The molecule has 0 radical (unpaired) electrons. The molecule has 0 saturated carbocycles. The van der Waals surface area contributed by atoms with Crippen LogP contribution in [0.25, 0.3) is 0 Å². The highest BCUT2D eigenvalue weighted by Gasteiger charge is 2.44. The topological polar surface area (TPSA) is 52.6 Å². The van der Waals surface area contributed by atoms with Crippen molar-refractivity contribution in [2.75, 3.05) is 0 Å². The molecule has 42 heavy (non-hydrogen) atoms. The Labute approximate surface area is 261 Å². The second-order valence-electron chi connectivity index (χ2n) is 12.5. The highest BCUT2D eigenvalue weighted by molar-refractivity contribution is 5.83. The van der Waals surface area contributed by atoms with Crippen molar-refractivity contribution in [3.8, 4) is 0 Å². The molecule has 0 aliphatic rings. The average molecular weight is 591 g/mol. The monoisotopic (exact) mass is 591 g/mol. The molecule has 0 spiro atoms. The molecule has 0 aromatic rings. The molecule has 246 valence electrons. The number of esters is 2. The number of rotatable bonds is 32. The van der Waals surface area contributed by atoms with Gasteiger partial charge in [0.05, 0.1) is 0 Å². The lowest BCUT2D eigenvalue weighted by molar-refractivity contribution is -0.248. The predicted octanol–water partition coefficient (Wildman–Crippen LogP) is 12.3. The van der Waals surface area contributed by atoms with Crippen LogP contribution in [0.4, 0.5) is 0 Å². The van der Waals surface area contributed by atoms with Crippen LogP contribution in [0.15, 0.2) is 25.3 Å². The van der Waals surface area contributed by atoms with Crippen molar-refractivity contribution in [2.45, 2.75) is 200 Å². The molecule has 0 amide bonds. The van der Waals surface area contributed by atoms with Gasteiger partial charge in [0.1, 0.15) is 0 Å². The lowest BCUT2D eigenvalue weighted by Crippen LogP contribution is -2.46. The number of unbranched alkanes of at least 4 members (excludes halogenated alkanes) is 21. The summed E-state index contributed by atoms with van der Waals surface area (Å²) in [7, 11) is 0. The minimum atomic E-state index is -1.24. The Morgan fingerprint density at radius 3 is 1.17 bits per heavy atom. The van der Waals surface area contributed by atoms with Crippen LogP contribution >= 0.6 is 0 Å². The van der Waals surface area contributed by atoms with Crippen molar-refractivity contribution < 1.29 is 19.1 Å². The van der Waals surface area contributed by atoms with Crippen molar-refractivity contribution in [1.29, 1.82) is 0 Å². The first kappa shape index (κ1) is 40.4. The lowest BCUT2D eigenvalue weighted by Gasteiger charge is -2.39. The third kappa shape index (κ3) is 22.0. The van der Waals surface area contributed by atoms with E-state index in [0.717, 1.165) is 57.8 Å². The third-order valence-electron chi connectivity index (χ3n) is 8.67. The van der Waals surface area contributed by atoms with Crippen molar-refractivity contribution in [2.24, 2.45) is 5.92 Å². The normalized spacial score (nSPS) is 12.2. The molecule has 1 unspecified atom stereocenters. The van der Waals surface area contributed by atoms with Gasteiger partial charge in [-0.25, -0.2) is 9.59 Å². The van der Waals surface area contributed by atoms with Crippen LogP contribution in [-0.2, 0) is 19.1 Å². The van der Waals surface area contributed by atoms with E-state index < -0.39 is 17.7 Å². The third-order valence-corrected chi connectivity index (χ3v) is 8.67. The largest absolute Gasteiger partial charge is 0.419 e. The minimum absolute atomic E-state index is 0.0258. The van der Waals surface area contributed by atoms with Crippen LogP contribution in [0.2, 0.25) is 0 Å². The van der Waals surface area contributed by atoms with E-state index in [9.17, 15) is 9.59 Å². The maximum absolute atomic E-state index is 12.4. The molecule has 4 nitrogen and oxygen atoms in total. The summed E-state index contributed by atoms with van der Waals surface area (Å²) in [6.45, 7) is 13.7. The first-order valence-electron chi connectivity index (χ1n) is 18.2. The summed E-state index contributed by atoms with van der Waals surface area (Å²) in [5.74, 6) is -2.33. The maximum atomic E-state index is 12.4. The molecule has 0 aromatic carbocycles. The van der Waals surface area contributed by atoms with Crippen molar-refractivity contribution in [3.05, 3.63) is 25.3 Å². The Hall–Kier alpha value is -1.58. The quantitative estimate of drug-likeness (QED) is 0.0338. The standard InChI is InChI=1S/C38H70O4/c1-6-11-13-14-15-16-17-18-19-20-21-22-23-24-25-26-27-28-29-31-34-38(41-36(39)9-4,42-37(40)10-5)35(32-8-3)33-30-12-7-2/h9-10,35H,4-8,11-34H2,1-3H3. The molecule has 1 atom stereocenters. The van der Waals surface area contributed by atoms with Crippen LogP contribution in [0, 0.1) is 5.92 Å². The van der Waals surface area contributed by atoms with Gasteiger partial charge in [0.25, 0.3) is 5.79 Å². The van der Waals surface area contributed by atoms with Crippen LogP contribution in [0.1, 0.15) is 194 Å². The van der Waals surface area contributed by atoms with Crippen LogP contribution in [0.5, 0.6) is 0 Å². The van der Waals surface area contributed by atoms with E-state index >= 15 is 0 Å². The summed E-state index contributed by atoms with van der Waals surface area (Å²) in [6.07, 6.45) is 35.4. The van der Waals surface area contributed by atoms with Crippen LogP contribution in [-0.4, -0.2) is 17.7 Å². The number of hydrogen-bond donors (Lipinski definition) is 0. The fourth-order valence-corrected chi connectivity index (χ4v) is 6.12. The maximum Gasteiger partial charge on any atom is 0.333 e. The summed E-state index contributed by atoms with van der Waals surface area (Å²) >= 11 is 0. The Kier molecular flexibility index (Phi) is 28.4. The van der Waals surface area contributed by atoms with Gasteiger partial charge >= 0.3 is 11.9 Å². The van der Waals surface area contributed by atoms with E-state index in [-0.39, 0.29) is 5.92 Å². The zero-order valence-corrected chi connectivity index (χ0v) is 28.4. The molecule has 0 aliphatic heterocycles. The summed E-state index contributed by atoms with van der Waals surface area (Å²) in [5.41, 5.74) is 0. The number of ether oxygens (including phenoxy) is 2. The summed E-state index contributed by atoms with van der Waals surface area (Å²) < 4.78 is 11.8. The van der Waals surface area contributed by atoms with E-state index in [1.54, 1.807) is 0 Å². The van der Waals surface area contributed by atoms with Gasteiger partial charge in [-0.2, -0.15) is 0 Å². The summed E-state index contributed by atoms with van der Waals surface area (Å²) in [6, 6.07) is 0. The zero-order chi connectivity index (χ0) is 31.2. The van der Waals surface area contributed by atoms with E-state index in [0.29, 0.717) is 6.42 Å². The fourth-order valence-electron chi connectivity index (χ4n) is 6.12. The van der Waals surface area contributed by atoms with E-state index in [1.165, 1.54) is 121 Å². The van der Waals surface area contributed by atoms with Crippen LogP contribution < -0.4 is 0 Å². The Morgan fingerprint density at radius 2 is 0.833 bits per heavy atom. The van der Waals surface area contributed by atoms with E-state index in [4.69, 9.17) is 9.47 Å². The number of hydrogen-bond acceptors (Lipinski definition) is 4. The molecular formula is C38H70O4. The van der Waals surface area contributed by atoms with Gasteiger partial charge in [0.2, 0.25) is 0 Å². The molecule has 0 rings (SSSR count). The van der Waals surface area contributed by atoms with Crippen LogP contribution in [0.3, 0.4) is 0 Å². The second-order valence-corrected chi connectivity index (χ2v) is 12.5. The van der Waals surface area contributed by atoms with Crippen molar-refractivity contribution >= 4 is 11.9 Å². The van der Waals surface area contributed by atoms with Gasteiger partial charge < -0.3 is 9.47 Å². The molecule has 0 bridgehead atoms. The van der Waals surface area contributed by atoms with Gasteiger partial charge in [-0.05, 0) is 19.3 Å². The molecular weight excluding hydrogens is 520 g/mol. The molecule has 0 N–H and O–H groups in total. The summed E-state index contributed by atoms with van der Waals surface area (Å²) in [5, 5.41) is 0. The molecule has 0 aromatic heterocycles. The molecule has 0 aliphatic carbocycles. The van der Waals surface area contributed by atoms with Gasteiger partial charge in [-0.1, -0.05) is 182 Å². The zero-order valence-electron chi connectivity index (χ0n) is 28.4. The molecule has 0 heterocycles. The Bertz CT molecular complexity index is 633. The molecule has 4 heteroatoms. The van der Waals surface area contributed by atoms with E-state index in [1.807, 2.05) is 0 Å². The predicted molar refractivity (Wildman–Crippen MR) is 180 cm³/mol. The van der Waals surface area contributed by atoms with Gasteiger partial charge in [0, 0.05) is 24.5 Å². The first-order valence-corrected chi connectivity index (χ1v) is 18.2. The van der Waals surface area contributed by atoms with Gasteiger partial charge in [-0.15, -0.1) is 0 Å². The number of carbonyl (C=O) groups is 2.